The normalized spacial score (nSPS) is 11.6. The Morgan fingerprint density at radius 1 is 0.133 bits per heavy atom. The third-order valence-corrected chi connectivity index (χ3v) is 29.1. The fourth-order valence-electron chi connectivity index (χ4n) is 18.8. The molecule has 0 saturated carbocycles. The predicted molar refractivity (Wildman–Crippen MR) is 568 cm³/mol. The van der Waals surface area contributed by atoms with Crippen LogP contribution in [0.4, 0.5) is 0 Å². The zero-order valence-electron chi connectivity index (χ0n) is 72.6. The van der Waals surface area contributed by atoms with Crippen molar-refractivity contribution in [2.24, 2.45) is 0 Å². The molecule has 630 valence electrons. The summed E-state index contributed by atoms with van der Waals surface area (Å²) < 4.78 is 7.50. The maximum Gasteiger partial charge on any atom is 0.166 e. The first-order chi connectivity index (χ1) is 66.8. The molecule has 0 atom stereocenters. The van der Waals surface area contributed by atoms with Gasteiger partial charge in [0, 0.05) is 116 Å². The summed E-state index contributed by atoms with van der Waals surface area (Å²) in [5, 5.41) is 21.8. The molecule has 0 fully saturated rings. The molecule has 9 nitrogen and oxygen atoms in total. The van der Waals surface area contributed by atoms with E-state index in [2.05, 4.69) is 400 Å². The van der Waals surface area contributed by atoms with Gasteiger partial charge in [0.05, 0.1) is 0 Å². The first-order valence-corrected chi connectivity index (χ1v) is 47.5. The van der Waals surface area contributed by atoms with Gasteiger partial charge in [-0.25, -0.2) is 44.9 Å². The summed E-state index contributed by atoms with van der Waals surface area (Å²) in [6, 6.07) is 160. The number of rotatable bonds is 12. The first kappa shape index (κ1) is 80.0. The summed E-state index contributed by atoms with van der Waals surface area (Å²) >= 11 is 5.46. The van der Waals surface area contributed by atoms with Gasteiger partial charge in [-0.3, -0.25) is 0 Å². The van der Waals surface area contributed by atoms with Gasteiger partial charge in [0.25, 0.3) is 0 Å². The lowest BCUT2D eigenvalue weighted by molar-refractivity contribution is 1.08. The SMILES string of the molecule is c1ccc(-c2nc(-c3ccc(-c4ccc5ccccc5c4)cc3)nc(-c3c4ccccc4cc4c3sc3ccccc34)n2)cc1.c1ccc(-c2nc(-c3ccc(-c4ccc5ccccc5c4)cc3)nc(-c3c4ccccc4cc4sc5ccccc5c34)n2)cc1.c1ccc(-c2nc(-c3ccc(-c4ccc5ccccc5c4)cc3)nc(-c3cc4c5ccccc5sc4c4ccccc34)n2)cc1. The van der Waals surface area contributed by atoms with Crippen LogP contribution < -0.4 is 0 Å². The van der Waals surface area contributed by atoms with E-state index >= 15 is 0 Å². The quantitative estimate of drug-likeness (QED) is 0.118. The molecule has 0 aliphatic heterocycles. The van der Waals surface area contributed by atoms with Crippen LogP contribution in [0.1, 0.15) is 0 Å². The minimum absolute atomic E-state index is 0.656. The Hall–Kier alpha value is -17.1. The first-order valence-electron chi connectivity index (χ1n) is 45.1. The Labute approximate surface area is 788 Å². The van der Waals surface area contributed by atoms with Crippen molar-refractivity contribution in [2.75, 3.05) is 0 Å². The molecule has 27 aromatic rings. The Balaban J connectivity index is 0.000000108. The van der Waals surface area contributed by atoms with Crippen molar-refractivity contribution in [3.63, 3.8) is 0 Å². The summed E-state index contributed by atoms with van der Waals surface area (Å²) in [6.45, 7) is 0. The molecule has 135 heavy (non-hydrogen) atoms. The molecule has 0 unspecified atom stereocenters. The second-order valence-electron chi connectivity index (χ2n) is 33.8. The third-order valence-electron chi connectivity index (χ3n) is 25.5. The van der Waals surface area contributed by atoms with Crippen LogP contribution >= 0.6 is 34.0 Å². The molecule has 27 rings (SSSR count). The van der Waals surface area contributed by atoms with Gasteiger partial charge in [-0.1, -0.05) is 400 Å². The minimum atomic E-state index is 0.656. The van der Waals surface area contributed by atoms with E-state index in [0.29, 0.717) is 52.4 Å². The fraction of sp³-hybridized carbons (Fsp3) is 0. The van der Waals surface area contributed by atoms with Crippen molar-refractivity contribution in [3.05, 3.63) is 455 Å². The van der Waals surface area contributed by atoms with Crippen LogP contribution in [0, 0.1) is 0 Å². The summed E-state index contributed by atoms with van der Waals surface area (Å²) in [4.78, 5) is 46.0. The van der Waals surface area contributed by atoms with Gasteiger partial charge in [-0.05, 0) is 147 Å². The molecular weight excluding hydrogens is 1700 g/mol. The van der Waals surface area contributed by atoms with Crippen molar-refractivity contribution < 1.29 is 0 Å². The Morgan fingerprint density at radius 2 is 0.415 bits per heavy atom. The molecule has 6 heterocycles. The largest absolute Gasteiger partial charge is 0.208 e. The number of hydrogen-bond acceptors (Lipinski definition) is 12. The van der Waals surface area contributed by atoms with Gasteiger partial charge < -0.3 is 0 Å². The highest BCUT2D eigenvalue weighted by molar-refractivity contribution is 7.27. The number of fused-ring (bicyclic) bond motifs is 16. The van der Waals surface area contributed by atoms with Gasteiger partial charge in [0.15, 0.2) is 52.4 Å². The van der Waals surface area contributed by atoms with E-state index in [0.717, 1.165) is 82.9 Å². The van der Waals surface area contributed by atoms with Crippen molar-refractivity contribution >= 4 is 159 Å². The predicted octanol–water partition coefficient (Wildman–Crippen LogP) is 33.6. The van der Waals surface area contributed by atoms with Crippen LogP contribution in [0.15, 0.2) is 455 Å². The molecule has 0 N–H and O–H groups in total. The van der Waals surface area contributed by atoms with Crippen LogP contribution in [0.25, 0.3) is 261 Å². The van der Waals surface area contributed by atoms with Crippen LogP contribution in [0.2, 0.25) is 0 Å². The molecule has 21 aromatic carbocycles. The van der Waals surface area contributed by atoms with Crippen molar-refractivity contribution in [3.8, 4) is 136 Å². The lowest BCUT2D eigenvalue weighted by Crippen LogP contribution is -2.01. The van der Waals surface area contributed by atoms with E-state index in [1.54, 1.807) is 11.3 Å². The number of aromatic nitrogens is 9. The smallest absolute Gasteiger partial charge is 0.166 e. The number of hydrogen-bond donors (Lipinski definition) is 0. The Kier molecular flexibility index (Phi) is 20.3. The van der Waals surface area contributed by atoms with E-state index in [9.17, 15) is 0 Å². The monoisotopic (exact) mass is 1770 g/mol. The van der Waals surface area contributed by atoms with E-state index < -0.39 is 0 Å². The maximum atomic E-state index is 5.21. The molecule has 0 amide bonds. The summed E-state index contributed by atoms with van der Waals surface area (Å²) in [7, 11) is 0. The minimum Gasteiger partial charge on any atom is -0.208 e. The van der Waals surface area contributed by atoms with Crippen LogP contribution in [0.3, 0.4) is 0 Å². The Bertz CT molecular complexity index is 9280. The zero-order chi connectivity index (χ0) is 89.2. The van der Waals surface area contributed by atoms with Gasteiger partial charge in [-0.15, -0.1) is 34.0 Å². The lowest BCUT2D eigenvalue weighted by atomic mass is 9.98. The third kappa shape index (κ3) is 15.2. The highest BCUT2D eigenvalue weighted by Crippen LogP contribution is 2.49. The number of thiophene rings is 3. The molecule has 6 aromatic heterocycles. The van der Waals surface area contributed by atoms with E-state index in [4.69, 9.17) is 44.9 Å². The van der Waals surface area contributed by atoms with Crippen LogP contribution in [-0.4, -0.2) is 44.9 Å². The van der Waals surface area contributed by atoms with E-state index in [1.807, 2.05) is 77.3 Å². The maximum absolute atomic E-state index is 5.21. The second-order valence-corrected chi connectivity index (χ2v) is 37.0. The van der Waals surface area contributed by atoms with E-state index in [-0.39, 0.29) is 0 Å². The highest BCUT2D eigenvalue weighted by atomic mass is 32.1. The molecule has 12 heteroatoms. The van der Waals surface area contributed by atoms with Crippen molar-refractivity contribution in [1.82, 2.24) is 44.9 Å². The standard InChI is InChI=1S/3C41H25N3S/c1-2-11-28(12-3-1)39-42-40(29-21-18-27(19-22-29)31-23-20-26-10-4-5-13-30(26)24-31)44-41(43-39)36-25-35-33-15-8-9-17-37(33)45-38(35)34-16-7-6-14-32(34)36;1-2-11-28(12-3-1)39-42-40(29-21-18-27(19-22-29)31-23-20-26-10-4-5-13-30(26)24-31)44-41(43-39)37-33-15-7-6-14-32(33)25-35-34-16-8-9-17-36(34)45-38(35)37;1-2-11-28(12-3-1)39-42-40(29-21-18-27(19-22-29)31-23-20-26-10-4-5-13-30(26)24-31)44-41(43-39)38-33-15-7-6-14-32(33)25-36-37(38)34-16-8-9-17-35(34)45-36/h3*1-25H. The molecule has 0 spiro atoms. The average Bonchev–Trinajstić information content (AvgIpc) is 1.64. The molecular formula is C123H75N9S3. The molecule has 0 aliphatic carbocycles. The molecule has 0 saturated heterocycles. The van der Waals surface area contributed by atoms with Gasteiger partial charge in [0.2, 0.25) is 0 Å². The van der Waals surface area contributed by atoms with Crippen molar-refractivity contribution in [2.45, 2.75) is 0 Å². The van der Waals surface area contributed by atoms with Gasteiger partial charge >= 0.3 is 0 Å². The van der Waals surface area contributed by atoms with Crippen LogP contribution in [-0.2, 0) is 0 Å². The number of benzene rings is 21. The summed E-state index contributed by atoms with van der Waals surface area (Å²) in [6.07, 6.45) is 0. The van der Waals surface area contributed by atoms with Crippen molar-refractivity contribution in [1.29, 1.82) is 0 Å². The zero-order valence-corrected chi connectivity index (χ0v) is 75.0. The topological polar surface area (TPSA) is 116 Å². The number of nitrogens with zero attached hydrogens (tertiary/aromatic N) is 9. The van der Waals surface area contributed by atoms with Gasteiger partial charge in [-0.2, -0.15) is 0 Å². The second kappa shape index (κ2) is 34.3. The molecule has 0 bridgehead atoms. The molecule has 0 aliphatic rings. The van der Waals surface area contributed by atoms with Crippen LogP contribution in [0.5, 0.6) is 0 Å². The Morgan fingerprint density at radius 3 is 0.844 bits per heavy atom. The summed E-state index contributed by atoms with van der Waals surface area (Å²) in [5.74, 6) is 6.00. The fourth-order valence-corrected chi connectivity index (χ4v) is 22.4. The average molecular weight is 1780 g/mol. The summed E-state index contributed by atoms with van der Waals surface area (Å²) in [5.41, 5.74) is 15.9. The highest BCUT2D eigenvalue weighted by Gasteiger charge is 2.25. The lowest BCUT2D eigenvalue weighted by Gasteiger charge is -2.12. The molecule has 0 radical (unpaired) electrons. The van der Waals surface area contributed by atoms with E-state index in [1.165, 1.54) is 126 Å². The van der Waals surface area contributed by atoms with Gasteiger partial charge in [0.1, 0.15) is 0 Å².